The van der Waals surface area contributed by atoms with E-state index >= 15 is 0 Å². The Bertz CT molecular complexity index is 1620. The molecule has 2 heterocycles. The molecule has 0 saturated carbocycles. The minimum Gasteiger partial charge on any atom is -0.497 e. The number of ether oxygens (including phenoxy) is 4. The van der Waals surface area contributed by atoms with Gasteiger partial charge in [-0.2, -0.15) is 0 Å². The lowest BCUT2D eigenvalue weighted by Gasteiger charge is -2.27. The molecule has 4 rings (SSSR count). The second kappa shape index (κ2) is 12.6. The number of methoxy groups -OCH3 is 2. The number of benzene rings is 2. The van der Waals surface area contributed by atoms with Crippen LogP contribution in [0.25, 0.3) is 6.08 Å². The summed E-state index contributed by atoms with van der Waals surface area (Å²) in [6.45, 7) is 3.44. The number of thiazole rings is 1. The van der Waals surface area contributed by atoms with Crippen LogP contribution in [0.3, 0.4) is 0 Å². The Morgan fingerprint density at radius 1 is 1.07 bits per heavy atom. The molecule has 0 saturated heterocycles. The normalized spacial score (nSPS) is 14.8. The number of aromatic nitrogens is 1. The van der Waals surface area contributed by atoms with Gasteiger partial charge in [0.2, 0.25) is 0 Å². The molecule has 0 radical (unpaired) electrons. The number of hydrogen-bond acceptors (Lipinski definition) is 9. The lowest BCUT2D eigenvalue weighted by molar-refractivity contribution is -0.140. The van der Waals surface area contributed by atoms with Gasteiger partial charge >= 0.3 is 11.9 Å². The van der Waals surface area contributed by atoms with Gasteiger partial charge in [-0.15, -0.1) is 0 Å². The number of carbonyl (C=O) groups is 2. The molecular weight excluding hydrogens is 536 g/mol. The molecule has 1 atom stereocenters. The average molecular weight is 567 g/mol. The van der Waals surface area contributed by atoms with Crippen molar-refractivity contribution in [3.8, 4) is 17.2 Å². The molecule has 0 unspecified atom stereocenters. The molecule has 11 heteroatoms. The molecule has 3 aromatic rings. The smallest absolute Gasteiger partial charge is 0.341 e. The minimum absolute atomic E-state index is 0.167. The third-order valence-corrected chi connectivity index (χ3v) is 7.15. The maximum Gasteiger partial charge on any atom is 0.341 e. The molecule has 1 aromatic heterocycles. The van der Waals surface area contributed by atoms with E-state index in [-0.39, 0.29) is 17.7 Å². The predicted octanol–water partition coefficient (Wildman–Crippen LogP) is 3.06. The summed E-state index contributed by atoms with van der Waals surface area (Å²) in [5.74, 6) is -0.195. The van der Waals surface area contributed by atoms with Gasteiger partial charge in [0.25, 0.3) is 5.56 Å². The number of carboxylic acid groups (broad SMARTS) is 1. The molecule has 0 amide bonds. The van der Waals surface area contributed by atoms with E-state index in [0.717, 1.165) is 6.42 Å². The number of nitrogens with zero attached hydrogens (tertiary/aromatic N) is 2. The fraction of sp³-hybridized carbons (Fsp3) is 0.310. The second-order valence-corrected chi connectivity index (χ2v) is 9.78. The van der Waals surface area contributed by atoms with Crippen molar-refractivity contribution < 1.29 is 33.6 Å². The monoisotopic (exact) mass is 566 g/mol. The van der Waals surface area contributed by atoms with E-state index in [1.165, 1.54) is 23.0 Å². The highest BCUT2D eigenvalue weighted by atomic mass is 32.1. The Hall–Kier alpha value is -4.38. The van der Waals surface area contributed by atoms with E-state index in [4.69, 9.17) is 29.0 Å². The average Bonchev–Trinajstić information content (AvgIpc) is 3.25. The predicted molar refractivity (Wildman–Crippen MR) is 149 cm³/mol. The van der Waals surface area contributed by atoms with Crippen LogP contribution < -0.4 is 29.1 Å². The van der Waals surface area contributed by atoms with E-state index in [2.05, 4.69) is 0 Å². The van der Waals surface area contributed by atoms with Crippen molar-refractivity contribution in [2.75, 3.05) is 27.4 Å². The van der Waals surface area contributed by atoms with E-state index in [1.807, 2.05) is 6.92 Å². The van der Waals surface area contributed by atoms with E-state index in [0.29, 0.717) is 49.8 Å². The van der Waals surface area contributed by atoms with Gasteiger partial charge in [0, 0.05) is 5.56 Å². The van der Waals surface area contributed by atoms with Gasteiger partial charge in [-0.3, -0.25) is 9.36 Å². The topological polar surface area (TPSA) is 126 Å². The molecule has 0 fully saturated rings. The van der Waals surface area contributed by atoms with Crippen LogP contribution in [-0.2, 0) is 14.3 Å². The zero-order chi connectivity index (χ0) is 28.8. The molecule has 210 valence electrons. The molecule has 1 N–H and O–H groups in total. The third-order valence-electron chi connectivity index (χ3n) is 6.16. The van der Waals surface area contributed by atoms with Crippen LogP contribution >= 0.6 is 11.3 Å². The highest BCUT2D eigenvalue weighted by Gasteiger charge is 2.36. The van der Waals surface area contributed by atoms with Crippen molar-refractivity contribution >= 4 is 29.4 Å². The Morgan fingerprint density at radius 3 is 2.42 bits per heavy atom. The molecule has 2 aromatic carbocycles. The Labute approximate surface area is 234 Å². The van der Waals surface area contributed by atoms with Gasteiger partial charge in [-0.1, -0.05) is 36.8 Å². The minimum atomic E-state index is -1.07. The van der Waals surface area contributed by atoms with Gasteiger partial charge < -0.3 is 24.1 Å². The third kappa shape index (κ3) is 5.94. The van der Waals surface area contributed by atoms with Crippen LogP contribution in [0.5, 0.6) is 17.2 Å². The maximum atomic E-state index is 13.9. The first-order chi connectivity index (χ1) is 19.3. The summed E-state index contributed by atoms with van der Waals surface area (Å²) in [6.07, 6.45) is 2.96. The standard InChI is InChI=1S/C29H30N2O8S/c1-5-7-21-25(28(35)38-6-2)26(20-15-19(36-3)12-13-22(20)37-4)31-27(34)23(40-29(31)30-21)14-17-8-10-18(11-9-17)39-16-24(32)33/h8-15,26H,5-7,16H2,1-4H3,(H,32,33)/b23-14-/t26-/m1/s1. The van der Waals surface area contributed by atoms with Gasteiger partial charge in [0.05, 0.1) is 36.6 Å². The van der Waals surface area contributed by atoms with Gasteiger partial charge in [-0.05, 0) is 55.3 Å². The molecule has 0 bridgehead atoms. The number of aliphatic carboxylic acids is 1. The molecule has 0 aliphatic carbocycles. The first-order valence-corrected chi connectivity index (χ1v) is 13.5. The molecule has 1 aliphatic rings. The highest BCUT2D eigenvalue weighted by molar-refractivity contribution is 7.07. The Balaban J connectivity index is 1.93. The fourth-order valence-electron chi connectivity index (χ4n) is 4.43. The summed E-state index contributed by atoms with van der Waals surface area (Å²) in [4.78, 5) is 43.3. The zero-order valence-corrected chi connectivity index (χ0v) is 23.4. The van der Waals surface area contributed by atoms with Crippen molar-refractivity contribution in [3.63, 3.8) is 0 Å². The number of carbonyl (C=O) groups excluding carboxylic acids is 1. The zero-order valence-electron chi connectivity index (χ0n) is 22.6. The van der Waals surface area contributed by atoms with Gasteiger partial charge in [0.1, 0.15) is 23.3 Å². The van der Waals surface area contributed by atoms with Gasteiger partial charge in [0.15, 0.2) is 11.4 Å². The van der Waals surface area contributed by atoms with Crippen LogP contribution in [0.4, 0.5) is 0 Å². The largest absolute Gasteiger partial charge is 0.497 e. The number of carboxylic acids is 1. The first-order valence-electron chi connectivity index (χ1n) is 12.7. The summed E-state index contributed by atoms with van der Waals surface area (Å²) in [5, 5.41) is 8.81. The maximum absolute atomic E-state index is 13.9. The van der Waals surface area contributed by atoms with Crippen LogP contribution in [0.2, 0.25) is 0 Å². The molecule has 0 spiro atoms. The summed E-state index contributed by atoms with van der Waals surface area (Å²) >= 11 is 1.21. The first kappa shape index (κ1) is 28.6. The van der Waals surface area contributed by atoms with E-state index < -0.39 is 24.6 Å². The molecule has 10 nitrogen and oxygen atoms in total. The summed E-state index contributed by atoms with van der Waals surface area (Å²) < 4.78 is 23.7. The Kier molecular flexibility index (Phi) is 9.05. The summed E-state index contributed by atoms with van der Waals surface area (Å²) in [5.41, 5.74) is 1.79. The van der Waals surface area contributed by atoms with Crippen molar-refractivity contribution in [3.05, 3.63) is 84.5 Å². The Morgan fingerprint density at radius 2 is 1.80 bits per heavy atom. The van der Waals surface area contributed by atoms with Crippen molar-refractivity contribution in [2.24, 2.45) is 4.99 Å². The van der Waals surface area contributed by atoms with Crippen LogP contribution in [-0.4, -0.2) is 49.0 Å². The van der Waals surface area contributed by atoms with Crippen molar-refractivity contribution in [1.82, 2.24) is 4.57 Å². The van der Waals surface area contributed by atoms with Crippen LogP contribution in [0.15, 0.2) is 63.5 Å². The number of esters is 1. The molecule has 40 heavy (non-hydrogen) atoms. The lowest BCUT2D eigenvalue weighted by atomic mass is 9.93. The number of rotatable bonds is 11. The van der Waals surface area contributed by atoms with Crippen molar-refractivity contribution in [1.29, 1.82) is 0 Å². The summed E-state index contributed by atoms with van der Waals surface area (Å²) in [7, 11) is 3.07. The molecule has 1 aliphatic heterocycles. The van der Waals surface area contributed by atoms with Crippen molar-refractivity contribution in [2.45, 2.75) is 32.7 Å². The molecular formula is C29H30N2O8S. The number of allylic oxidation sites excluding steroid dienone is 1. The SMILES string of the molecule is CCCC1=C(C(=O)OCC)[C@@H](c2cc(OC)ccc2OC)n2c(s/c(=C\c3ccc(OCC(=O)O)cc3)c2=O)=N1. The quantitative estimate of drug-likeness (QED) is 0.351. The van der Waals surface area contributed by atoms with E-state index in [1.54, 1.807) is 62.6 Å². The highest BCUT2D eigenvalue weighted by Crippen LogP contribution is 2.38. The van der Waals surface area contributed by atoms with E-state index in [9.17, 15) is 14.4 Å². The fourth-order valence-corrected chi connectivity index (χ4v) is 5.44. The number of fused-ring (bicyclic) bond motifs is 1. The summed E-state index contributed by atoms with van der Waals surface area (Å²) in [6, 6.07) is 11.1. The second-order valence-electron chi connectivity index (χ2n) is 8.77. The van der Waals surface area contributed by atoms with Crippen LogP contribution in [0, 0.1) is 0 Å². The number of hydrogen-bond donors (Lipinski definition) is 1. The lowest BCUT2D eigenvalue weighted by Crippen LogP contribution is -2.40. The van der Waals surface area contributed by atoms with Gasteiger partial charge in [-0.25, -0.2) is 14.6 Å². The van der Waals surface area contributed by atoms with Crippen LogP contribution in [0.1, 0.15) is 43.9 Å².